The minimum Gasteiger partial charge on any atom is -0.363 e. The van der Waals surface area contributed by atoms with Crippen LogP contribution in [0.3, 0.4) is 0 Å². The summed E-state index contributed by atoms with van der Waals surface area (Å²) in [6.07, 6.45) is 2.21. The molecule has 15 heavy (non-hydrogen) atoms. The van der Waals surface area contributed by atoms with Crippen molar-refractivity contribution >= 4 is 17.3 Å². The van der Waals surface area contributed by atoms with Crippen LogP contribution >= 0.6 is 12.2 Å². The van der Waals surface area contributed by atoms with Gasteiger partial charge in [0.05, 0.1) is 0 Å². The molecule has 82 valence electrons. The van der Waals surface area contributed by atoms with Gasteiger partial charge in [0.2, 0.25) is 0 Å². The SMILES string of the molecule is CCNC(=S)NCCCc1ccccc1. The average molecular weight is 222 g/mol. The number of benzene rings is 1. The summed E-state index contributed by atoms with van der Waals surface area (Å²) in [7, 11) is 0. The molecule has 0 aliphatic carbocycles. The van der Waals surface area contributed by atoms with E-state index in [-0.39, 0.29) is 0 Å². The van der Waals surface area contributed by atoms with Crippen LogP contribution in [0.15, 0.2) is 30.3 Å². The first kappa shape index (κ1) is 12.0. The fourth-order valence-corrected chi connectivity index (χ4v) is 1.61. The third-order valence-electron chi connectivity index (χ3n) is 2.11. The van der Waals surface area contributed by atoms with Gasteiger partial charge in [0.1, 0.15) is 0 Å². The van der Waals surface area contributed by atoms with Gasteiger partial charge in [-0.15, -0.1) is 0 Å². The van der Waals surface area contributed by atoms with E-state index in [1.54, 1.807) is 0 Å². The van der Waals surface area contributed by atoms with Crippen molar-refractivity contribution in [2.45, 2.75) is 19.8 Å². The van der Waals surface area contributed by atoms with Crippen LogP contribution in [0.1, 0.15) is 18.9 Å². The molecule has 2 nitrogen and oxygen atoms in total. The minimum atomic E-state index is 0.755. The van der Waals surface area contributed by atoms with Crippen LogP contribution in [-0.4, -0.2) is 18.2 Å². The Hall–Kier alpha value is -1.09. The lowest BCUT2D eigenvalue weighted by Gasteiger charge is -2.08. The Balaban J connectivity index is 2.10. The first-order valence-electron chi connectivity index (χ1n) is 5.38. The summed E-state index contributed by atoms with van der Waals surface area (Å²) in [4.78, 5) is 0. The molecule has 0 saturated carbocycles. The van der Waals surface area contributed by atoms with Crippen molar-refractivity contribution in [3.8, 4) is 0 Å². The molecule has 0 heterocycles. The van der Waals surface area contributed by atoms with Crippen LogP contribution in [-0.2, 0) is 6.42 Å². The molecule has 0 aliphatic heterocycles. The molecule has 0 radical (unpaired) electrons. The van der Waals surface area contributed by atoms with Gasteiger partial charge < -0.3 is 10.6 Å². The summed E-state index contributed by atoms with van der Waals surface area (Å²) in [5, 5.41) is 6.99. The van der Waals surface area contributed by atoms with Crippen LogP contribution in [0, 0.1) is 0 Å². The topological polar surface area (TPSA) is 24.1 Å². The molecule has 0 bridgehead atoms. The van der Waals surface area contributed by atoms with Gasteiger partial charge in [-0.05, 0) is 37.5 Å². The van der Waals surface area contributed by atoms with Gasteiger partial charge in [0, 0.05) is 13.1 Å². The molecule has 1 rings (SSSR count). The van der Waals surface area contributed by atoms with Crippen molar-refractivity contribution in [2.75, 3.05) is 13.1 Å². The highest BCUT2D eigenvalue weighted by Crippen LogP contribution is 2.01. The molecule has 0 spiro atoms. The molecular formula is C12H18N2S. The van der Waals surface area contributed by atoms with Gasteiger partial charge in [-0.25, -0.2) is 0 Å². The van der Waals surface area contributed by atoms with E-state index in [0.717, 1.165) is 31.0 Å². The molecule has 0 atom stereocenters. The van der Waals surface area contributed by atoms with E-state index in [1.807, 2.05) is 13.0 Å². The van der Waals surface area contributed by atoms with Gasteiger partial charge in [0.15, 0.2) is 5.11 Å². The van der Waals surface area contributed by atoms with Crippen LogP contribution in [0.4, 0.5) is 0 Å². The first-order chi connectivity index (χ1) is 7.33. The van der Waals surface area contributed by atoms with Crippen molar-refractivity contribution in [3.05, 3.63) is 35.9 Å². The normalized spacial score (nSPS) is 9.67. The Morgan fingerprint density at radius 2 is 1.93 bits per heavy atom. The molecule has 1 aromatic carbocycles. The monoisotopic (exact) mass is 222 g/mol. The van der Waals surface area contributed by atoms with Crippen molar-refractivity contribution in [1.82, 2.24) is 10.6 Å². The van der Waals surface area contributed by atoms with Crippen molar-refractivity contribution in [3.63, 3.8) is 0 Å². The largest absolute Gasteiger partial charge is 0.363 e. The van der Waals surface area contributed by atoms with Crippen LogP contribution in [0.25, 0.3) is 0 Å². The van der Waals surface area contributed by atoms with Gasteiger partial charge in [0.25, 0.3) is 0 Å². The molecule has 0 saturated heterocycles. The number of aryl methyl sites for hydroxylation is 1. The van der Waals surface area contributed by atoms with E-state index in [1.165, 1.54) is 5.56 Å². The van der Waals surface area contributed by atoms with E-state index >= 15 is 0 Å². The molecular weight excluding hydrogens is 204 g/mol. The van der Waals surface area contributed by atoms with E-state index in [4.69, 9.17) is 12.2 Å². The van der Waals surface area contributed by atoms with Gasteiger partial charge in [-0.2, -0.15) is 0 Å². The molecule has 1 aromatic rings. The zero-order valence-corrected chi connectivity index (χ0v) is 9.94. The summed E-state index contributed by atoms with van der Waals surface area (Å²) in [5.41, 5.74) is 1.38. The summed E-state index contributed by atoms with van der Waals surface area (Å²) >= 11 is 5.06. The Kier molecular flexibility index (Phi) is 5.78. The van der Waals surface area contributed by atoms with Crippen LogP contribution < -0.4 is 10.6 Å². The maximum Gasteiger partial charge on any atom is 0.166 e. The molecule has 0 aromatic heterocycles. The molecule has 0 fully saturated rings. The predicted octanol–water partition coefficient (Wildman–Crippen LogP) is 2.10. The highest BCUT2D eigenvalue weighted by molar-refractivity contribution is 7.80. The summed E-state index contributed by atoms with van der Waals surface area (Å²) in [6, 6.07) is 10.5. The molecule has 3 heteroatoms. The quantitative estimate of drug-likeness (QED) is 0.589. The van der Waals surface area contributed by atoms with E-state index < -0.39 is 0 Å². The predicted molar refractivity (Wildman–Crippen MR) is 69.0 cm³/mol. The maximum atomic E-state index is 5.06. The summed E-state index contributed by atoms with van der Waals surface area (Å²) < 4.78 is 0. The Morgan fingerprint density at radius 3 is 2.60 bits per heavy atom. The number of hydrogen-bond donors (Lipinski definition) is 2. The fourth-order valence-electron chi connectivity index (χ4n) is 1.36. The van der Waals surface area contributed by atoms with E-state index in [0.29, 0.717) is 0 Å². The van der Waals surface area contributed by atoms with Crippen LogP contribution in [0.2, 0.25) is 0 Å². The number of hydrogen-bond acceptors (Lipinski definition) is 1. The molecule has 0 unspecified atom stereocenters. The third-order valence-corrected chi connectivity index (χ3v) is 2.40. The standard InChI is InChI=1S/C12H18N2S/c1-2-13-12(15)14-10-6-9-11-7-4-3-5-8-11/h3-5,7-8H,2,6,9-10H2,1H3,(H2,13,14,15). The first-order valence-corrected chi connectivity index (χ1v) is 5.79. The smallest absolute Gasteiger partial charge is 0.166 e. The highest BCUT2D eigenvalue weighted by Gasteiger charge is 1.93. The lowest BCUT2D eigenvalue weighted by molar-refractivity contribution is 0.759. The zero-order chi connectivity index (χ0) is 10.9. The average Bonchev–Trinajstić information content (AvgIpc) is 2.26. The second-order valence-corrected chi connectivity index (χ2v) is 3.78. The Morgan fingerprint density at radius 1 is 1.20 bits per heavy atom. The number of nitrogens with one attached hydrogen (secondary N) is 2. The fraction of sp³-hybridized carbons (Fsp3) is 0.417. The second kappa shape index (κ2) is 7.23. The number of thiocarbonyl (C=S) groups is 1. The molecule has 2 N–H and O–H groups in total. The maximum absolute atomic E-state index is 5.06. The zero-order valence-electron chi connectivity index (χ0n) is 9.12. The highest BCUT2D eigenvalue weighted by atomic mass is 32.1. The lowest BCUT2D eigenvalue weighted by Crippen LogP contribution is -2.35. The lowest BCUT2D eigenvalue weighted by atomic mass is 10.1. The summed E-state index contributed by atoms with van der Waals surface area (Å²) in [5.74, 6) is 0. The second-order valence-electron chi connectivity index (χ2n) is 3.38. The minimum absolute atomic E-state index is 0.755. The van der Waals surface area contributed by atoms with E-state index in [2.05, 4.69) is 34.9 Å². The van der Waals surface area contributed by atoms with Gasteiger partial charge in [-0.3, -0.25) is 0 Å². The van der Waals surface area contributed by atoms with Crippen LogP contribution in [0.5, 0.6) is 0 Å². The van der Waals surface area contributed by atoms with Gasteiger partial charge >= 0.3 is 0 Å². The molecule has 0 aliphatic rings. The van der Waals surface area contributed by atoms with Crippen molar-refractivity contribution in [2.24, 2.45) is 0 Å². The third kappa shape index (κ3) is 5.37. The van der Waals surface area contributed by atoms with Crippen molar-refractivity contribution < 1.29 is 0 Å². The summed E-state index contributed by atoms with van der Waals surface area (Å²) in [6.45, 7) is 3.85. The van der Waals surface area contributed by atoms with Gasteiger partial charge in [-0.1, -0.05) is 30.3 Å². The number of rotatable bonds is 5. The van der Waals surface area contributed by atoms with E-state index in [9.17, 15) is 0 Å². The Bertz CT molecular complexity index is 285. The molecule has 0 amide bonds. The van der Waals surface area contributed by atoms with Crippen molar-refractivity contribution in [1.29, 1.82) is 0 Å². The Labute approximate surface area is 97.1 Å².